The van der Waals surface area contributed by atoms with Gasteiger partial charge in [0.05, 0.1) is 17.4 Å². The van der Waals surface area contributed by atoms with Crippen molar-refractivity contribution in [3.8, 4) is 0 Å². The first-order chi connectivity index (χ1) is 8.61. The number of aromatic nitrogens is 1. The van der Waals surface area contributed by atoms with Gasteiger partial charge in [0, 0.05) is 7.05 Å². The van der Waals surface area contributed by atoms with Gasteiger partial charge in [0.2, 0.25) is 0 Å². The predicted octanol–water partition coefficient (Wildman–Crippen LogP) is 2.91. The normalized spacial score (nSPS) is 11.0. The van der Waals surface area contributed by atoms with Gasteiger partial charge in [-0.15, -0.1) is 0 Å². The maximum absolute atomic E-state index is 12.1. The van der Waals surface area contributed by atoms with E-state index in [0.717, 1.165) is 4.90 Å². The Bertz CT molecular complexity index is 511. The minimum atomic E-state index is -1.19. The molecule has 0 spiro atoms. The minimum absolute atomic E-state index is 0.140. The number of rotatable bonds is 2. The highest BCUT2D eigenvalue weighted by atomic mass is 79.9. The van der Waals surface area contributed by atoms with Gasteiger partial charge in [0.15, 0.2) is 0 Å². The lowest BCUT2D eigenvalue weighted by Gasteiger charge is -2.22. The van der Waals surface area contributed by atoms with E-state index in [2.05, 4.69) is 20.9 Å². The zero-order valence-electron chi connectivity index (χ0n) is 11.1. The van der Waals surface area contributed by atoms with Gasteiger partial charge in [-0.2, -0.15) is 0 Å². The van der Waals surface area contributed by atoms with Gasteiger partial charge in [0.1, 0.15) is 10.2 Å². The molecule has 1 aromatic rings. The van der Waals surface area contributed by atoms with E-state index in [0.29, 0.717) is 4.60 Å². The third-order valence-electron chi connectivity index (χ3n) is 2.12. The molecule has 1 N–H and O–H groups in total. The number of anilines is 1. The Morgan fingerprint density at radius 2 is 2.00 bits per heavy atom. The Morgan fingerprint density at radius 1 is 1.42 bits per heavy atom. The number of hydrogen-bond donors (Lipinski definition) is 1. The highest BCUT2D eigenvalue weighted by Crippen LogP contribution is 2.24. The Hall–Kier alpha value is -1.63. The van der Waals surface area contributed by atoms with E-state index in [1.807, 2.05) is 0 Å². The van der Waals surface area contributed by atoms with Crippen LogP contribution in [0.4, 0.5) is 10.5 Å². The third-order valence-corrected chi connectivity index (χ3v) is 2.55. The van der Waals surface area contributed by atoms with Crippen molar-refractivity contribution >= 4 is 33.7 Å². The molecule has 0 unspecified atom stereocenters. The van der Waals surface area contributed by atoms with Crippen LogP contribution in [0.3, 0.4) is 0 Å². The number of carboxylic acid groups (broad SMARTS) is 1. The van der Waals surface area contributed by atoms with Crippen molar-refractivity contribution in [2.24, 2.45) is 0 Å². The Morgan fingerprint density at radius 3 is 2.47 bits per heavy atom. The van der Waals surface area contributed by atoms with Crippen molar-refractivity contribution in [1.82, 2.24) is 4.98 Å². The summed E-state index contributed by atoms with van der Waals surface area (Å²) in [5.74, 6) is -0.598. The first kappa shape index (κ1) is 15.4. The monoisotopic (exact) mass is 330 g/mol. The number of pyridine rings is 1. The molecule has 0 aromatic carbocycles. The van der Waals surface area contributed by atoms with Gasteiger partial charge >= 0.3 is 12.1 Å². The van der Waals surface area contributed by atoms with Gasteiger partial charge in [-0.25, -0.2) is 14.6 Å². The molecule has 1 aromatic heterocycles. The Labute approximate surface area is 119 Å². The van der Waals surface area contributed by atoms with E-state index in [4.69, 9.17) is 9.84 Å². The largest absolute Gasteiger partial charge is 0.465 e. The van der Waals surface area contributed by atoms with E-state index in [1.165, 1.54) is 19.3 Å². The van der Waals surface area contributed by atoms with Crippen LogP contribution >= 0.6 is 15.9 Å². The van der Waals surface area contributed by atoms with Crippen LogP contribution in [0.2, 0.25) is 0 Å². The van der Waals surface area contributed by atoms with Crippen LogP contribution in [0.5, 0.6) is 0 Å². The molecule has 6 nitrogen and oxygen atoms in total. The van der Waals surface area contributed by atoms with Crippen molar-refractivity contribution < 1.29 is 19.4 Å². The summed E-state index contributed by atoms with van der Waals surface area (Å²) in [6.45, 7) is 5.21. The van der Waals surface area contributed by atoms with Gasteiger partial charge in [-0.05, 0) is 42.8 Å². The second-order valence-electron chi connectivity index (χ2n) is 4.87. The van der Waals surface area contributed by atoms with Crippen molar-refractivity contribution in [1.29, 1.82) is 0 Å². The highest BCUT2D eigenvalue weighted by Gasteiger charge is 2.24. The second-order valence-corrected chi connectivity index (χ2v) is 5.68. The number of amides is 1. The first-order valence-corrected chi connectivity index (χ1v) is 6.26. The number of halogens is 1. The summed E-state index contributed by atoms with van der Waals surface area (Å²) in [5.41, 5.74) is -0.349. The lowest BCUT2D eigenvalue weighted by atomic mass is 10.1. The molecule has 104 valence electrons. The molecule has 0 aliphatic rings. The standard InChI is InChI=1S/C12H15BrN2O4/c1-12(2,3)19-10(16)7-5-9(13)14-6-8(7)15(4)11(17)18/h5-6H,1-4H3,(H,17,18). The first-order valence-electron chi connectivity index (χ1n) is 5.47. The van der Waals surface area contributed by atoms with Crippen LogP contribution in [0.15, 0.2) is 16.9 Å². The molecule has 0 bridgehead atoms. The van der Waals surface area contributed by atoms with Crippen molar-refractivity contribution in [3.63, 3.8) is 0 Å². The molecule has 7 heteroatoms. The van der Waals surface area contributed by atoms with Crippen LogP contribution in [0, 0.1) is 0 Å². The van der Waals surface area contributed by atoms with Crippen molar-refractivity contribution in [2.75, 3.05) is 11.9 Å². The molecule has 0 radical (unpaired) electrons. The number of nitrogens with zero attached hydrogens (tertiary/aromatic N) is 2. The molecule has 1 heterocycles. The van der Waals surface area contributed by atoms with Crippen LogP contribution in [0.25, 0.3) is 0 Å². The fourth-order valence-corrected chi connectivity index (χ4v) is 1.62. The van der Waals surface area contributed by atoms with Gasteiger partial charge < -0.3 is 9.84 Å². The maximum atomic E-state index is 12.1. The summed E-state index contributed by atoms with van der Waals surface area (Å²) in [4.78, 5) is 27.9. The lowest BCUT2D eigenvalue weighted by Crippen LogP contribution is -2.29. The molecular formula is C12H15BrN2O4. The zero-order valence-corrected chi connectivity index (χ0v) is 12.7. The van der Waals surface area contributed by atoms with Crippen LogP contribution < -0.4 is 4.90 Å². The van der Waals surface area contributed by atoms with Crippen LogP contribution in [-0.2, 0) is 4.74 Å². The quantitative estimate of drug-likeness (QED) is 0.666. The zero-order chi connectivity index (χ0) is 14.8. The number of carbonyl (C=O) groups excluding carboxylic acids is 1. The summed E-state index contributed by atoms with van der Waals surface area (Å²) >= 11 is 3.15. The minimum Gasteiger partial charge on any atom is -0.465 e. The third kappa shape index (κ3) is 4.20. The van der Waals surface area contributed by atoms with E-state index >= 15 is 0 Å². The van der Waals surface area contributed by atoms with Crippen molar-refractivity contribution in [3.05, 3.63) is 22.4 Å². The van der Waals surface area contributed by atoms with E-state index in [-0.39, 0.29) is 11.3 Å². The average Bonchev–Trinajstić information content (AvgIpc) is 2.25. The average molecular weight is 331 g/mol. The lowest BCUT2D eigenvalue weighted by molar-refractivity contribution is 0.00703. The molecule has 0 saturated carbocycles. The SMILES string of the molecule is CN(C(=O)O)c1cnc(Br)cc1C(=O)OC(C)(C)C. The van der Waals surface area contributed by atoms with Crippen LogP contribution in [0.1, 0.15) is 31.1 Å². The molecule has 1 rings (SSSR count). The molecule has 0 aliphatic heterocycles. The summed E-state index contributed by atoms with van der Waals surface area (Å²) in [7, 11) is 1.33. The molecule has 0 saturated heterocycles. The van der Waals surface area contributed by atoms with E-state index in [1.54, 1.807) is 20.8 Å². The van der Waals surface area contributed by atoms with Crippen molar-refractivity contribution in [2.45, 2.75) is 26.4 Å². The maximum Gasteiger partial charge on any atom is 0.411 e. The Kier molecular flexibility index (Phi) is 4.52. The summed E-state index contributed by atoms with van der Waals surface area (Å²) in [5, 5.41) is 8.98. The molecule has 0 aliphatic carbocycles. The summed E-state index contributed by atoms with van der Waals surface area (Å²) in [6, 6.07) is 1.43. The number of carbonyl (C=O) groups is 2. The van der Waals surface area contributed by atoms with E-state index in [9.17, 15) is 9.59 Å². The summed E-state index contributed by atoms with van der Waals surface area (Å²) in [6.07, 6.45) is 0.117. The molecule has 1 amide bonds. The predicted molar refractivity (Wildman–Crippen MR) is 73.5 cm³/mol. The van der Waals surface area contributed by atoms with Gasteiger partial charge in [0.25, 0.3) is 0 Å². The second kappa shape index (κ2) is 5.56. The number of hydrogen-bond acceptors (Lipinski definition) is 4. The molecular weight excluding hydrogens is 316 g/mol. The fraction of sp³-hybridized carbons (Fsp3) is 0.417. The molecule has 0 fully saturated rings. The molecule has 0 atom stereocenters. The van der Waals surface area contributed by atoms with Gasteiger partial charge in [-0.3, -0.25) is 4.90 Å². The smallest absolute Gasteiger partial charge is 0.411 e. The van der Waals surface area contributed by atoms with Crippen LogP contribution in [-0.4, -0.2) is 34.8 Å². The number of ether oxygens (including phenoxy) is 1. The van der Waals surface area contributed by atoms with Gasteiger partial charge in [-0.1, -0.05) is 0 Å². The summed E-state index contributed by atoms with van der Waals surface area (Å²) < 4.78 is 5.67. The number of esters is 1. The fourth-order valence-electron chi connectivity index (χ4n) is 1.29. The molecule has 19 heavy (non-hydrogen) atoms. The van der Waals surface area contributed by atoms with E-state index < -0.39 is 17.7 Å². The Balaban J connectivity index is 3.21. The highest BCUT2D eigenvalue weighted by molar-refractivity contribution is 9.10. The topological polar surface area (TPSA) is 79.7 Å².